The van der Waals surface area contributed by atoms with Crippen molar-refractivity contribution in [3.05, 3.63) is 42.1 Å². The predicted molar refractivity (Wildman–Crippen MR) is 83.4 cm³/mol. The molecule has 0 aliphatic heterocycles. The molecule has 0 spiro atoms. The summed E-state index contributed by atoms with van der Waals surface area (Å²) in [6.45, 7) is 2.27. The molecular weight excluding hydrogens is 230 g/mol. The molecular formula is C18H25N. The normalized spacial score (nSPS) is 11.0. The van der Waals surface area contributed by atoms with Crippen LogP contribution in [0.25, 0.3) is 10.9 Å². The van der Waals surface area contributed by atoms with E-state index >= 15 is 0 Å². The fourth-order valence-corrected chi connectivity index (χ4v) is 2.55. The fraction of sp³-hybridized carbons (Fsp3) is 0.500. The van der Waals surface area contributed by atoms with Gasteiger partial charge in [0.2, 0.25) is 0 Å². The molecule has 2 aromatic rings. The SMILES string of the molecule is CCCCCCCCCc1ccc2cccnc2c1. The molecule has 1 aromatic heterocycles. The number of hydrogen-bond donors (Lipinski definition) is 0. The van der Waals surface area contributed by atoms with Crippen molar-refractivity contribution in [2.45, 2.75) is 58.3 Å². The van der Waals surface area contributed by atoms with Gasteiger partial charge in [0.25, 0.3) is 0 Å². The summed E-state index contributed by atoms with van der Waals surface area (Å²) >= 11 is 0. The summed E-state index contributed by atoms with van der Waals surface area (Å²) in [7, 11) is 0. The second kappa shape index (κ2) is 7.93. The van der Waals surface area contributed by atoms with Gasteiger partial charge in [-0.15, -0.1) is 0 Å². The first-order valence-corrected chi connectivity index (χ1v) is 7.74. The van der Waals surface area contributed by atoms with Crippen LogP contribution in [0.4, 0.5) is 0 Å². The maximum atomic E-state index is 4.42. The first-order chi connectivity index (χ1) is 9.40. The molecule has 0 atom stereocenters. The average molecular weight is 255 g/mol. The number of nitrogens with zero attached hydrogens (tertiary/aromatic N) is 1. The van der Waals surface area contributed by atoms with Gasteiger partial charge >= 0.3 is 0 Å². The Bertz CT molecular complexity index is 490. The number of rotatable bonds is 8. The lowest BCUT2D eigenvalue weighted by Crippen LogP contribution is -1.88. The molecule has 2 rings (SSSR count). The highest BCUT2D eigenvalue weighted by Crippen LogP contribution is 2.16. The largest absolute Gasteiger partial charge is 0.256 e. The van der Waals surface area contributed by atoms with Gasteiger partial charge in [0.15, 0.2) is 0 Å². The molecule has 1 aromatic carbocycles. The lowest BCUT2D eigenvalue weighted by Gasteiger charge is -2.04. The van der Waals surface area contributed by atoms with E-state index in [1.165, 1.54) is 62.3 Å². The van der Waals surface area contributed by atoms with Crippen molar-refractivity contribution >= 4 is 10.9 Å². The minimum atomic E-state index is 1.13. The molecule has 1 heterocycles. The van der Waals surface area contributed by atoms with Crippen LogP contribution in [0.2, 0.25) is 0 Å². The van der Waals surface area contributed by atoms with Crippen LogP contribution in [-0.4, -0.2) is 4.98 Å². The second-order valence-corrected chi connectivity index (χ2v) is 5.40. The van der Waals surface area contributed by atoms with Crippen LogP contribution >= 0.6 is 0 Å². The highest BCUT2D eigenvalue weighted by Gasteiger charge is 1.97. The summed E-state index contributed by atoms with van der Waals surface area (Å²) in [6.07, 6.45) is 12.7. The van der Waals surface area contributed by atoms with Crippen LogP contribution in [0.1, 0.15) is 57.4 Å². The Labute approximate surface area is 117 Å². The molecule has 1 nitrogen and oxygen atoms in total. The number of fused-ring (bicyclic) bond motifs is 1. The van der Waals surface area contributed by atoms with E-state index in [1.807, 2.05) is 12.3 Å². The third kappa shape index (κ3) is 4.66. The van der Waals surface area contributed by atoms with Gasteiger partial charge < -0.3 is 0 Å². The van der Waals surface area contributed by atoms with Gasteiger partial charge in [0.1, 0.15) is 0 Å². The quantitative estimate of drug-likeness (QED) is 0.565. The van der Waals surface area contributed by atoms with Crippen LogP contribution in [0.15, 0.2) is 36.5 Å². The number of benzene rings is 1. The maximum Gasteiger partial charge on any atom is 0.0704 e. The van der Waals surface area contributed by atoms with Gasteiger partial charge in [-0.3, -0.25) is 4.98 Å². The molecule has 0 saturated carbocycles. The zero-order chi connectivity index (χ0) is 13.3. The van der Waals surface area contributed by atoms with E-state index in [1.54, 1.807) is 0 Å². The number of aryl methyl sites for hydroxylation is 1. The van der Waals surface area contributed by atoms with Crippen molar-refractivity contribution in [2.24, 2.45) is 0 Å². The summed E-state index contributed by atoms with van der Waals surface area (Å²) < 4.78 is 0. The summed E-state index contributed by atoms with van der Waals surface area (Å²) in [4.78, 5) is 4.42. The number of unbranched alkanes of at least 4 members (excludes halogenated alkanes) is 6. The van der Waals surface area contributed by atoms with Gasteiger partial charge in [-0.25, -0.2) is 0 Å². The molecule has 0 amide bonds. The third-order valence-electron chi connectivity index (χ3n) is 3.74. The molecule has 0 aliphatic carbocycles. The number of hydrogen-bond acceptors (Lipinski definition) is 1. The van der Waals surface area contributed by atoms with E-state index < -0.39 is 0 Å². The molecule has 1 heteroatoms. The first kappa shape index (κ1) is 14.0. The van der Waals surface area contributed by atoms with Crippen molar-refractivity contribution in [3.63, 3.8) is 0 Å². The fourth-order valence-electron chi connectivity index (χ4n) is 2.55. The lowest BCUT2D eigenvalue weighted by atomic mass is 10.0. The second-order valence-electron chi connectivity index (χ2n) is 5.40. The lowest BCUT2D eigenvalue weighted by molar-refractivity contribution is 0.589. The zero-order valence-corrected chi connectivity index (χ0v) is 12.1. The molecule has 102 valence electrons. The Morgan fingerprint density at radius 2 is 1.68 bits per heavy atom. The van der Waals surface area contributed by atoms with Crippen molar-refractivity contribution in [3.8, 4) is 0 Å². The minimum Gasteiger partial charge on any atom is -0.256 e. The molecule has 19 heavy (non-hydrogen) atoms. The van der Waals surface area contributed by atoms with Gasteiger partial charge in [0.05, 0.1) is 5.52 Å². The summed E-state index contributed by atoms with van der Waals surface area (Å²) in [5, 5.41) is 1.24. The summed E-state index contributed by atoms with van der Waals surface area (Å²) in [5.41, 5.74) is 2.56. The highest BCUT2D eigenvalue weighted by atomic mass is 14.6. The Balaban J connectivity index is 1.72. The topological polar surface area (TPSA) is 12.9 Å². The van der Waals surface area contributed by atoms with Crippen molar-refractivity contribution in [1.29, 1.82) is 0 Å². The van der Waals surface area contributed by atoms with Crippen LogP contribution in [0.3, 0.4) is 0 Å². The van der Waals surface area contributed by atoms with E-state index in [4.69, 9.17) is 0 Å². The van der Waals surface area contributed by atoms with Crippen molar-refractivity contribution in [1.82, 2.24) is 4.98 Å². The smallest absolute Gasteiger partial charge is 0.0704 e. The van der Waals surface area contributed by atoms with Gasteiger partial charge in [-0.1, -0.05) is 63.6 Å². The number of aromatic nitrogens is 1. The Morgan fingerprint density at radius 1 is 0.895 bits per heavy atom. The standard InChI is InChI=1S/C18H25N/c1-2-3-4-5-6-7-8-10-16-12-13-17-11-9-14-19-18(17)15-16/h9,11-15H,2-8,10H2,1H3. The molecule has 0 saturated heterocycles. The van der Waals surface area contributed by atoms with E-state index in [2.05, 4.69) is 36.2 Å². The van der Waals surface area contributed by atoms with Crippen molar-refractivity contribution < 1.29 is 0 Å². The molecule has 0 N–H and O–H groups in total. The third-order valence-corrected chi connectivity index (χ3v) is 3.74. The summed E-state index contributed by atoms with van der Waals surface area (Å²) in [5.74, 6) is 0. The Hall–Kier alpha value is -1.37. The van der Waals surface area contributed by atoms with Gasteiger partial charge in [0, 0.05) is 11.6 Å². The van der Waals surface area contributed by atoms with Crippen LogP contribution in [0, 0.1) is 0 Å². The molecule has 0 unspecified atom stereocenters. The maximum absolute atomic E-state index is 4.42. The van der Waals surface area contributed by atoms with Crippen LogP contribution < -0.4 is 0 Å². The van der Waals surface area contributed by atoms with Gasteiger partial charge in [-0.2, -0.15) is 0 Å². The van der Waals surface area contributed by atoms with E-state index in [0.29, 0.717) is 0 Å². The summed E-state index contributed by atoms with van der Waals surface area (Å²) in [6, 6.07) is 10.8. The Morgan fingerprint density at radius 3 is 2.53 bits per heavy atom. The van der Waals surface area contributed by atoms with Crippen molar-refractivity contribution in [2.75, 3.05) is 0 Å². The van der Waals surface area contributed by atoms with E-state index in [0.717, 1.165) is 5.52 Å². The van der Waals surface area contributed by atoms with Crippen LogP contribution in [0.5, 0.6) is 0 Å². The number of pyridine rings is 1. The van der Waals surface area contributed by atoms with E-state index in [-0.39, 0.29) is 0 Å². The predicted octanol–water partition coefficient (Wildman–Crippen LogP) is 5.53. The Kier molecular flexibility index (Phi) is 5.87. The minimum absolute atomic E-state index is 1.13. The highest BCUT2D eigenvalue weighted by molar-refractivity contribution is 5.78. The average Bonchev–Trinajstić information content (AvgIpc) is 2.46. The monoisotopic (exact) mass is 255 g/mol. The van der Waals surface area contributed by atoms with Crippen LogP contribution in [-0.2, 0) is 6.42 Å². The van der Waals surface area contributed by atoms with E-state index in [9.17, 15) is 0 Å². The molecule has 0 fully saturated rings. The van der Waals surface area contributed by atoms with Gasteiger partial charge in [-0.05, 0) is 30.5 Å². The molecule has 0 bridgehead atoms. The molecule has 0 aliphatic rings. The zero-order valence-electron chi connectivity index (χ0n) is 12.1. The first-order valence-electron chi connectivity index (χ1n) is 7.74. The molecule has 0 radical (unpaired) electrons.